The minimum Gasteiger partial charge on any atom is -0.491 e. The minimum atomic E-state index is -4.64. The molecular weight excluding hydrogens is 535 g/mol. The lowest BCUT2D eigenvalue weighted by Crippen LogP contribution is -2.54. The maximum atomic E-state index is 13.9. The molecular formula is C27H38F3N3O5S. The number of hydrogen-bond acceptors (Lipinski definition) is 8. The van der Waals surface area contributed by atoms with Crippen LogP contribution in [0.25, 0.3) is 10.6 Å². The second-order valence-corrected chi connectivity index (χ2v) is 12.1. The first kappa shape index (κ1) is 31.1. The number of benzene rings is 1. The first-order valence-corrected chi connectivity index (χ1v) is 13.8. The fraction of sp³-hybridized carbons (Fsp3) is 0.667. The van der Waals surface area contributed by atoms with E-state index in [1.807, 2.05) is 0 Å². The van der Waals surface area contributed by atoms with Crippen molar-refractivity contribution in [3.8, 4) is 16.3 Å². The molecule has 1 aromatic heterocycles. The summed E-state index contributed by atoms with van der Waals surface area (Å²) in [6.45, 7) is 13.5. The van der Waals surface area contributed by atoms with E-state index in [0.717, 1.165) is 36.7 Å². The Hall–Kier alpha value is -2.44. The van der Waals surface area contributed by atoms with Gasteiger partial charge < -0.3 is 18.9 Å². The average Bonchev–Trinajstić information content (AvgIpc) is 3.40. The SMILES string of the molecule is CCCCCOCCOc1ccc(-c2nnc([C@@]3(C)COC(C)(C)N3C(=O)OC(C)(C)C)s2)cc1C(F)(F)F. The molecule has 1 aliphatic rings. The molecule has 0 radical (unpaired) electrons. The lowest BCUT2D eigenvalue weighted by Gasteiger charge is -2.39. The molecule has 2 aromatic rings. The molecule has 1 fully saturated rings. The molecule has 1 aromatic carbocycles. The predicted molar refractivity (Wildman–Crippen MR) is 142 cm³/mol. The van der Waals surface area contributed by atoms with E-state index in [1.165, 1.54) is 17.0 Å². The van der Waals surface area contributed by atoms with Gasteiger partial charge in [-0.05, 0) is 66.2 Å². The molecule has 2 heterocycles. The van der Waals surface area contributed by atoms with Crippen LogP contribution in [-0.4, -0.2) is 58.9 Å². The summed E-state index contributed by atoms with van der Waals surface area (Å²) in [6, 6.07) is 3.80. The van der Waals surface area contributed by atoms with Crippen molar-refractivity contribution in [1.29, 1.82) is 0 Å². The molecule has 8 nitrogen and oxygen atoms in total. The van der Waals surface area contributed by atoms with Crippen molar-refractivity contribution in [2.45, 2.75) is 90.8 Å². The van der Waals surface area contributed by atoms with Crippen molar-refractivity contribution < 1.29 is 36.9 Å². The van der Waals surface area contributed by atoms with E-state index in [0.29, 0.717) is 11.6 Å². The normalized spacial score (nSPS) is 19.4. The number of hydrogen-bond donors (Lipinski definition) is 0. The summed E-state index contributed by atoms with van der Waals surface area (Å²) < 4.78 is 64.1. The lowest BCUT2D eigenvalue weighted by molar-refractivity contribution is -0.139. The van der Waals surface area contributed by atoms with Gasteiger partial charge in [0.15, 0.2) is 0 Å². The van der Waals surface area contributed by atoms with Gasteiger partial charge >= 0.3 is 12.3 Å². The van der Waals surface area contributed by atoms with Gasteiger partial charge in [0.1, 0.15) is 39.2 Å². The van der Waals surface area contributed by atoms with Gasteiger partial charge in [0.2, 0.25) is 0 Å². The van der Waals surface area contributed by atoms with Gasteiger partial charge in [0, 0.05) is 12.2 Å². The number of carbonyl (C=O) groups is 1. The molecule has 0 spiro atoms. The summed E-state index contributed by atoms with van der Waals surface area (Å²) in [7, 11) is 0. The fourth-order valence-corrected chi connectivity index (χ4v) is 5.22. The zero-order valence-corrected chi connectivity index (χ0v) is 24.4. The Morgan fingerprint density at radius 1 is 1.10 bits per heavy atom. The van der Waals surface area contributed by atoms with Gasteiger partial charge in [-0.2, -0.15) is 13.2 Å². The second-order valence-electron chi connectivity index (χ2n) is 11.1. The first-order chi connectivity index (χ1) is 18.1. The van der Waals surface area contributed by atoms with E-state index in [1.54, 1.807) is 41.5 Å². The van der Waals surface area contributed by atoms with E-state index in [4.69, 9.17) is 18.9 Å². The number of alkyl halides is 3. The second kappa shape index (κ2) is 12.0. The number of aromatic nitrogens is 2. The molecule has 1 amide bonds. The highest BCUT2D eigenvalue weighted by molar-refractivity contribution is 7.14. The first-order valence-electron chi connectivity index (χ1n) is 13.0. The van der Waals surface area contributed by atoms with Crippen molar-refractivity contribution in [3.05, 3.63) is 28.8 Å². The Kier molecular flexibility index (Phi) is 9.55. The van der Waals surface area contributed by atoms with Gasteiger partial charge in [-0.1, -0.05) is 31.1 Å². The molecule has 3 rings (SSSR count). The fourth-order valence-electron chi connectivity index (χ4n) is 4.26. The van der Waals surface area contributed by atoms with Crippen LogP contribution < -0.4 is 4.74 Å². The lowest BCUT2D eigenvalue weighted by atomic mass is 10.0. The van der Waals surface area contributed by atoms with Crippen LogP contribution in [0, 0.1) is 0 Å². The van der Waals surface area contributed by atoms with Crippen molar-refractivity contribution >= 4 is 17.4 Å². The molecule has 12 heteroatoms. The number of unbranched alkanes of at least 4 members (excludes halogenated alkanes) is 2. The highest BCUT2D eigenvalue weighted by Gasteiger charge is 2.55. The molecule has 0 aliphatic carbocycles. The monoisotopic (exact) mass is 573 g/mol. The molecule has 218 valence electrons. The molecule has 1 aliphatic heterocycles. The molecule has 0 N–H and O–H groups in total. The average molecular weight is 574 g/mol. The minimum absolute atomic E-state index is 0.00610. The molecule has 0 saturated carbocycles. The highest BCUT2D eigenvalue weighted by atomic mass is 32.1. The van der Waals surface area contributed by atoms with E-state index >= 15 is 0 Å². The van der Waals surface area contributed by atoms with Crippen LogP contribution >= 0.6 is 11.3 Å². The number of nitrogens with zero attached hydrogens (tertiary/aromatic N) is 3. The Balaban J connectivity index is 1.83. The predicted octanol–water partition coefficient (Wildman–Crippen LogP) is 7.03. The molecule has 1 atom stereocenters. The van der Waals surface area contributed by atoms with Crippen LogP contribution in [0.15, 0.2) is 18.2 Å². The van der Waals surface area contributed by atoms with Crippen LogP contribution in [0.5, 0.6) is 5.75 Å². The smallest absolute Gasteiger partial charge is 0.419 e. The van der Waals surface area contributed by atoms with Crippen molar-refractivity contribution in [2.24, 2.45) is 0 Å². The summed E-state index contributed by atoms with van der Waals surface area (Å²) in [5, 5.41) is 9.11. The zero-order valence-electron chi connectivity index (χ0n) is 23.6. The van der Waals surface area contributed by atoms with Crippen molar-refractivity contribution in [1.82, 2.24) is 15.1 Å². The third-order valence-electron chi connectivity index (χ3n) is 6.11. The summed E-state index contributed by atoms with van der Waals surface area (Å²) >= 11 is 1.10. The summed E-state index contributed by atoms with van der Waals surface area (Å²) in [5.74, 6) is -0.276. The van der Waals surface area contributed by atoms with Gasteiger partial charge in [-0.25, -0.2) is 4.79 Å². The quantitative estimate of drug-likeness (QED) is 0.282. The van der Waals surface area contributed by atoms with E-state index in [9.17, 15) is 18.0 Å². The third-order valence-corrected chi connectivity index (χ3v) is 7.34. The van der Waals surface area contributed by atoms with Crippen LogP contribution in [0.3, 0.4) is 0 Å². The number of rotatable bonds is 10. The van der Waals surface area contributed by atoms with Gasteiger partial charge in [-0.3, -0.25) is 4.90 Å². The summed E-state index contributed by atoms with van der Waals surface area (Å²) in [4.78, 5) is 14.6. The maximum absolute atomic E-state index is 13.9. The molecule has 0 bridgehead atoms. The topological polar surface area (TPSA) is 83.0 Å². The summed E-state index contributed by atoms with van der Waals surface area (Å²) in [5.41, 5.74) is -3.43. The van der Waals surface area contributed by atoms with Crippen LogP contribution in [0.2, 0.25) is 0 Å². The largest absolute Gasteiger partial charge is 0.491 e. The van der Waals surface area contributed by atoms with E-state index < -0.39 is 34.7 Å². The van der Waals surface area contributed by atoms with E-state index in [-0.39, 0.29) is 36.1 Å². The molecule has 1 saturated heterocycles. The molecule has 39 heavy (non-hydrogen) atoms. The number of ether oxygens (including phenoxy) is 4. The van der Waals surface area contributed by atoms with Crippen molar-refractivity contribution in [3.63, 3.8) is 0 Å². The molecule has 0 unspecified atom stereocenters. The van der Waals surface area contributed by atoms with Gasteiger partial charge in [0.05, 0.1) is 18.8 Å². The Morgan fingerprint density at radius 3 is 2.46 bits per heavy atom. The number of amides is 1. The van der Waals surface area contributed by atoms with Crippen LogP contribution in [0.4, 0.5) is 18.0 Å². The third kappa shape index (κ3) is 7.61. The van der Waals surface area contributed by atoms with Crippen molar-refractivity contribution in [2.75, 3.05) is 26.4 Å². The standard InChI is InChI=1S/C27H38F3N3O5S/c1-8-9-10-13-35-14-15-36-20-12-11-18(16-19(20)27(28,29)30)21-31-32-22(39-21)26(7)17-37-25(5,6)33(26)23(34)38-24(2,3)4/h11-12,16H,8-10,13-15,17H2,1-7H3/t26-/m1/s1. The Labute approximate surface area is 231 Å². The Bertz CT molecular complexity index is 1130. The van der Waals surface area contributed by atoms with Gasteiger partial charge in [-0.15, -0.1) is 10.2 Å². The van der Waals surface area contributed by atoms with Crippen LogP contribution in [0.1, 0.15) is 78.3 Å². The van der Waals surface area contributed by atoms with E-state index in [2.05, 4.69) is 17.1 Å². The number of halogens is 3. The zero-order chi connectivity index (χ0) is 29.1. The highest BCUT2D eigenvalue weighted by Crippen LogP contribution is 2.45. The van der Waals surface area contributed by atoms with Gasteiger partial charge in [0.25, 0.3) is 0 Å². The van der Waals surface area contributed by atoms with Crippen LogP contribution in [-0.2, 0) is 25.9 Å². The maximum Gasteiger partial charge on any atom is 0.419 e. The number of carbonyl (C=O) groups excluding carboxylic acids is 1. The Morgan fingerprint density at radius 2 is 1.82 bits per heavy atom. The summed E-state index contributed by atoms with van der Waals surface area (Å²) in [6.07, 6.45) is -2.22.